The summed E-state index contributed by atoms with van der Waals surface area (Å²) in [6.45, 7) is -0.242. The highest BCUT2D eigenvalue weighted by molar-refractivity contribution is 7.89. The number of hydrogen-bond donors (Lipinski definition) is 3. The first-order valence-electron chi connectivity index (χ1n) is 5.94. The Hall–Kier alpha value is -1.20. The van der Waals surface area contributed by atoms with Crippen LogP contribution in [0.4, 0.5) is 5.82 Å². The number of anilines is 1. The zero-order valence-electron chi connectivity index (χ0n) is 10.6. The molecule has 3 heterocycles. The minimum Gasteiger partial charge on any atom is -0.389 e. The minimum absolute atomic E-state index is 0.0255. The van der Waals surface area contributed by atoms with Crippen LogP contribution >= 0.6 is 11.3 Å². The second kappa shape index (κ2) is 4.67. The van der Waals surface area contributed by atoms with Crippen molar-refractivity contribution in [2.45, 2.75) is 17.2 Å². The SMILES string of the molecule is CNc1nc2sccn2c1S(=O)(=O)N1CC(O)C(O)C1. The summed E-state index contributed by atoms with van der Waals surface area (Å²) in [5, 5.41) is 23.6. The maximum atomic E-state index is 12.7. The normalized spacial score (nSPS) is 24.6. The number of nitrogens with zero attached hydrogens (tertiary/aromatic N) is 3. The van der Waals surface area contributed by atoms with Crippen LogP contribution in [-0.2, 0) is 10.0 Å². The van der Waals surface area contributed by atoms with Crippen LogP contribution in [0.25, 0.3) is 4.96 Å². The Morgan fingerprint density at radius 3 is 2.65 bits per heavy atom. The van der Waals surface area contributed by atoms with Gasteiger partial charge in [-0.1, -0.05) is 0 Å². The molecule has 1 saturated heterocycles. The Morgan fingerprint density at radius 2 is 2.05 bits per heavy atom. The van der Waals surface area contributed by atoms with Gasteiger partial charge in [0.05, 0.1) is 12.2 Å². The van der Waals surface area contributed by atoms with Crippen molar-refractivity contribution in [2.75, 3.05) is 25.5 Å². The van der Waals surface area contributed by atoms with Gasteiger partial charge in [0, 0.05) is 31.7 Å². The van der Waals surface area contributed by atoms with Crippen LogP contribution in [0, 0.1) is 0 Å². The molecule has 20 heavy (non-hydrogen) atoms. The largest absolute Gasteiger partial charge is 0.389 e. The van der Waals surface area contributed by atoms with Gasteiger partial charge >= 0.3 is 0 Å². The molecule has 110 valence electrons. The van der Waals surface area contributed by atoms with E-state index in [0.29, 0.717) is 4.96 Å². The summed E-state index contributed by atoms with van der Waals surface area (Å²) in [6, 6.07) is 0. The van der Waals surface area contributed by atoms with Crippen molar-refractivity contribution in [3.63, 3.8) is 0 Å². The topological polar surface area (TPSA) is 107 Å². The van der Waals surface area contributed by atoms with E-state index in [1.807, 2.05) is 0 Å². The van der Waals surface area contributed by atoms with Gasteiger partial charge in [-0.25, -0.2) is 13.4 Å². The molecule has 0 saturated carbocycles. The predicted octanol–water partition coefficient (Wildman–Crippen LogP) is -0.836. The lowest BCUT2D eigenvalue weighted by Gasteiger charge is -2.15. The maximum absolute atomic E-state index is 12.7. The van der Waals surface area contributed by atoms with Crippen molar-refractivity contribution in [3.05, 3.63) is 11.6 Å². The van der Waals surface area contributed by atoms with Gasteiger partial charge in [0.25, 0.3) is 10.0 Å². The molecule has 1 aliphatic heterocycles. The molecule has 0 spiro atoms. The van der Waals surface area contributed by atoms with Gasteiger partial charge in [-0.3, -0.25) is 4.40 Å². The lowest BCUT2D eigenvalue weighted by molar-refractivity contribution is 0.0572. The predicted molar refractivity (Wildman–Crippen MR) is 73.4 cm³/mol. The molecule has 1 aliphatic rings. The van der Waals surface area contributed by atoms with Crippen molar-refractivity contribution >= 4 is 32.1 Å². The van der Waals surface area contributed by atoms with E-state index in [0.717, 1.165) is 4.31 Å². The molecule has 2 unspecified atom stereocenters. The summed E-state index contributed by atoms with van der Waals surface area (Å²) >= 11 is 1.33. The zero-order valence-corrected chi connectivity index (χ0v) is 12.2. The van der Waals surface area contributed by atoms with Crippen LogP contribution in [0.2, 0.25) is 0 Å². The molecule has 10 heteroatoms. The molecule has 0 bridgehead atoms. The summed E-state index contributed by atoms with van der Waals surface area (Å²) in [7, 11) is -2.25. The van der Waals surface area contributed by atoms with Gasteiger partial charge in [0.2, 0.25) is 0 Å². The number of sulfonamides is 1. The molecule has 2 atom stereocenters. The lowest BCUT2D eigenvalue weighted by atomic mass is 10.3. The second-order valence-corrected chi connectivity index (χ2v) is 7.25. The average Bonchev–Trinajstić information content (AvgIpc) is 3.03. The summed E-state index contributed by atoms with van der Waals surface area (Å²) in [6.07, 6.45) is -0.494. The highest BCUT2D eigenvalue weighted by Crippen LogP contribution is 2.29. The fourth-order valence-corrected chi connectivity index (χ4v) is 4.73. The molecular formula is C10H14N4O4S2. The van der Waals surface area contributed by atoms with E-state index in [9.17, 15) is 18.6 Å². The van der Waals surface area contributed by atoms with Crippen LogP contribution in [-0.4, -0.2) is 64.7 Å². The summed E-state index contributed by atoms with van der Waals surface area (Å²) in [5.41, 5.74) is 0. The highest BCUT2D eigenvalue weighted by Gasteiger charge is 2.40. The first kappa shape index (κ1) is 13.8. The molecule has 3 N–H and O–H groups in total. The Morgan fingerprint density at radius 1 is 1.40 bits per heavy atom. The van der Waals surface area contributed by atoms with E-state index in [4.69, 9.17) is 0 Å². The Kier molecular flexibility index (Phi) is 3.21. The van der Waals surface area contributed by atoms with Crippen molar-refractivity contribution in [1.82, 2.24) is 13.7 Å². The number of fused-ring (bicyclic) bond motifs is 1. The van der Waals surface area contributed by atoms with E-state index < -0.39 is 22.2 Å². The first-order chi connectivity index (χ1) is 9.45. The fourth-order valence-electron chi connectivity index (χ4n) is 2.23. The first-order valence-corrected chi connectivity index (χ1v) is 8.26. The van der Waals surface area contributed by atoms with Crippen LogP contribution in [0.5, 0.6) is 0 Å². The molecule has 0 radical (unpaired) electrons. The van der Waals surface area contributed by atoms with Gasteiger partial charge in [-0.2, -0.15) is 4.31 Å². The molecule has 1 fully saturated rings. The minimum atomic E-state index is -3.84. The third kappa shape index (κ3) is 1.91. The van der Waals surface area contributed by atoms with Crippen LogP contribution < -0.4 is 5.32 Å². The van der Waals surface area contributed by atoms with Gasteiger partial charge < -0.3 is 15.5 Å². The molecule has 0 aromatic carbocycles. The lowest BCUT2D eigenvalue weighted by Crippen LogP contribution is -2.31. The van der Waals surface area contributed by atoms with Crippen molar-refractivity contribution in [3.8, 4) is 0 Å². The number of β-amino-alcohol motifs (C(OH)–C–C–N with tert-alkyl or cyclic N) is 2. The van der Waals surface area contributed by atoms with Gasteiger partial charge in [0.15, 0.2) is 15.8 Å². The zero-order chi connectivity index (χ0) is 14.5. The van der Waals surface area contributed by atoms with Crippen molar-refractivity contribution in [2.24, 2.45) is 0 Å². The number of hydrogen-bond acceptors (Lipinski definition) is 7. The number of aromatic nitrogens is 2. The summed E-state index contributed by atoms with van der Waals surface area (Å²) < 4.78 is 27.9. The van der Waals surface area contributed by atoms with E-state index in [2.05, 4.69) is 10.3 Å². The third-order valence-corrected chi connectivity index (χ3v) is 5.88. The van der Waals surface area contributed by atoms with E-state index in [1.54, 1.807) is 18.6 Å². The van der Waals surface area contributed by atoms with Crippen LogP contribution in [0.1, 0.15) is 0 Å². The van der Waals surface area contributed by atoms with Gasteiger partial charge in [-0.15, -0.1) is 11.3 Å². The molecular weight excluding hydrogens is 304 g/mol. The van der Waals surface area contributed by atoms with Crippen molar-refractivity contribution in [1.29, 1.82) is 0 Å². The molecule has 0 amide bonds. The van der Waals surface area contributed by atoms with Crippen molar-refractivity contribution < 1.29 is 18.6 Å². The third-order valence-electron chi connectivity index (χ3n) is 3.26. The molecule has 3 rings (SSSR count). The standard InChI is InChI=1S/C10H14N4O4S2/c1-11-8-9(14-2-3-19-10(14)12-8)20(17,18)13-4-6(15)7(16)5-13/h2-3,6-7,11,15-16H,4-5H2,1H3. The Bertz CT molecular complexity index is 728. The number of rotatable bonds is 3. The number of aliphatic hydroxyl groups is 2. The average molecular weight is 318 g/mol. The van der Waals surface area contributed by atoms with Crippen LogP contribution in [0.3, 0.4) is 0 Å². The number of nitrogens with one attached hydrogen (secondary N) is 1. The van der Waals surface area contributed by atoms with Crippen LogP contribution in [0.15, 0.2) is 16.6 Å². The monoisotopic (exact) mass is 318 g/mol. The highest BCUT2D eigenvalue weighted by atomic mass is 32.2. The quantitative estimate of drug-likeness (QED) is 0.681. The number of imidazole rings is 1. The molecule has 0 aliphatic carbocycles. The molecule has 2 aromatic heterocycles. The number of thiazole rings is 1. The maximum Gasteiger partial charge on any atom is 0.263 e. The van der Waals surface area contributed by atoms with E-state index >= 15 is 0 Å². The van der Waals surface area contributed by atoms with Gasteiger partial charge in [0.1, 0.15) is 0 Å². The van der Waals surface area contributed by atoms with E-state index in [1.165, 1.54) is 15.7 Å². The smallest absolute Gasteiger partial charge is 0.263 e. The Balaban J connectivity index is 2.11. The van der Waals surface area contributed by atoms with Gasteiger partial charge in [-0.05, 0) is 0 Å². The molecule has 8 nitrogen and oxygen atoms in total. The fraction of sp³-hybridized carbons (Fsp3) is 0.500. The molecule has 2 aromatic rings. The van der Waals surface area contributed by atoms with E-state index in [-0.39, 0.29) is 23.9 Å². The summed E-state index contributed by atoms with van der Waals surface area (Å²) in [5.74, 6) is 0.257. The second-order valence-electron chi connectivity index (χ2n) is 4.53. The Labute approximate surface area is 119 Å². The summed E-state index contributed by atoms with van der Waals surface area (Å²) in [4.78, 5) is 4.77. The number of aliphatic hydroxyl groups excluding tert-OH is 2.